The molecule has 1 aromatic carbocycles. The van der Waals surface area contributed by atoms with E-state index in [1.165, 1.54) is 0 Å². The van der Waals surface area contributed by atoms with Crippen molar-refractivity contribution in [2.45, 2.75) is 107 Å². The van der Waals surface area contributed by atoms with Gasteiger partial charge in [-0.25, -0.2) is 5.01 Å². The molecule has 290 valence electrons. The number of hydrogen-bond acceptors (Lipinski definition) is 12. The number of rotatable bonds is 13. The lowest BCUT2D eigenvalue weighted by atomic mass is 9.88. The summed E-state index contributed by atoms with van der Waals surface area (Å²) in [7, 11) is 0. The van der Waals surface area contributed by atoms with E-state index >= 15 is 0 Å². The molecule has 6 aliphatic rings. The van der Waals surface area contributed by atoms with E-state index in [1.54, 1.807) is 18.2 Å². The van der Waals surface area contributed by atoms with Gasteiger partial charge in [0.15, 0.2) is 0 Å². The SMILES string of the molecule is CCC(CC)C1CC(N[C@H]2CC[C@H](NCC(=O)N3CCN(CCNc4cccc5c4C(=O)N(C4CCC(=O)NC4=O)C5=O)CC3)C2)N2NCC(Cl)C2N1. The normalized spacial score (nSPS) is 31.0. The lowest BCUT2D eigenvalue weighted by Gasteiger charge is -2.46. The third kappa shape index (κ3) is 8.12. The molecule has 7 atom stereocenters. The lowest BCUT2D eigenvalue weighted by molar-refractivity contribution is -0.136. The van der Waals surface area contributed by atoms with Crippen molar-refractivity contribution in [1.82, 2.24) is 46.4 Å². The summed E-state index contributed by atoms with van der Waals surface area (Å²) < 4.78 is 0. The topological polar surface area (TPSA) is 170 Å². The van der Waals surface area contributed by atoms with Crippen molar-refractivity contribution in [3.8, 4) is 0 Å². The monoisotopic (exact) mass is 754 g/mol. The Bertz CT molecular complexity index is 1550. The number of anilines is 1. The first-order valence-corrected chi connectivity index (χ1v) is 20.1. The smallest absolute Gasteiger partial charge is 0.264 e. The number of piperazine rings is 1. The zero-order valence-corrected chi connectivity index (χ0v) is 31.6. The average Bonchev–Trinajstić information content (AvgIpc) is 3.84. The molecule has 53 heavy (non-hydrogen) atoms. The minimum atomic E-state index is -0.998. The largest absolute Gasteiger partial charge is 0.383 e. The number of fused-ring (bicyclic) bond motifs is 2. The molecule has 5 heterocycles. The van der Waals surface area contributed by atoms with Crippen molar-refractivity contribution in [2.75, 3.05) is 57.7 Å². The van der Waals surface area contributed by atoms with Crippen molar-refractivity contribution in [3.63, 3.8) is 0 Å². The van der Waals surface area contributed by atoms with Gasteiger partial charge in [-0.1, -0.05) is 32.8 Å². The maximum Gasteiger partial charge on any atom is 0.264 e. The number of nitrogens with zero attached hydrogens (tertiary/aromatic N) is 4. The Hall–Kier alpha value is -3.18. The fourth-order valence-corrected chi connectivity index (χ4v) is 9.47. The maximum absolute atomic E-state index is 13.4. The number of carbonyl (C=O) groups is 5. The van der Waals surface area contributed by atoms with Gasteiger partial charge >= 0.3 is 0 Å². The van der Waals surface area contributed by atoms with Gasteiger partial charge < -0.3 is 15.5 Å². The molecule has 0 bridgehead atoms. The van der Waals surface area contributed by atoms with Crippen LogP contribution in [0.25, 0.3) is 0 Å². The number of benzene rings is 1. The number of carbonyl (C=O) groups excluding carboxylic acids is 5. The molecule has 5 amide bonds. The first-order valence-electron chi connectivity index (χ1n) is 19.6. The second-order valence-electron chi connectivity index (χ2n) is 15.4. The molecule has 4 saturated heterocycles. The fraction of sp³-hybridized carbons (Fsp3) is 0.703. The Morgan fingerprint density at radius 1 is 0.981 bits per heavy atom. The molecule has 0 spiro atoms. The highest BCUT2D eigenvalue weighted by Crippen LogP contribution is 2.33. The Kier molecular flexibility index (Phi) is 12.0. The van der Waals surface area contributed by atoms with Crippen molar-refractivity contribution in [3.05, 3.63) is 29.3 Å². The van der Waals surface area contributed by atoms with Gasteiger partial charge in [-0.3, -0.25) is 55.1 Å². The first kappa shape index (κ1) is 38.1. The molecule has 5 unspecified atom stereocenters. The molecule has 5 fully saturated rings. The predicted molar refractivity (Wildman–Crippen MR) is 200 cm³/mol. The summed E-state index contributed by atoms with van der Waals surface area (Å²) in [5.41, 5.74) is 4.58. The molecule has 16 heteroatoms. The number of piperidine rings is 1. The summed E-state index contributed by atoms with van der Waals surface area (Å²) in [6.45, 7) is 9.72. The van der Waals surface area contributed by atoms with Crippen molar-refractivity contribution >= 4 is 46.8 Å². The van der Waals surface area contributed by atoms with Crippen molar-refractivity contribution in [1.29, 1.82) is 0 Å². The molecular weight excluding hydrogens is 700 g/mol. The number of amides is 5. The molecule has 6 N–H and O–H groups in total. The Morgan fingerprint density at radius 3 is 2.51 bits per heavy atom. The van der Waals surface area contributed by atoms with E-state index in [1.807, 2.05) is 4.90 Å². The third-order valence-corrected chi connectivity index (χ3v) is 12.7. The van der Waals surface area contributed by atoms with E-state index in [9.17, 15) is 24.0 Å². The van der Waals surface area contributed by atoms with Crippen LogP contribution in [0.1, 0.15) is 85.9 Å². The highest BCUT2D eigenvalue weighted by Gasteiger charge is 2.47. The molecule has 1 aromatic rings. The van der Waals surface area contributed by atoms with Gasteiger partial charge in [0.2, 0.25) is 17.7 Å². The summed E-state index contributed by atoms with van der Waals surface area (Å²) in [5.74, 6) is -1.31. The molecule has 15 nitrogen and oxygen atoms in total. The van der Waals surface area contributed by atoms with E-state index in [0.717, 1.165) is 63.1 Å². The van der Waals surface area contributed by atoms with E-state index < -0.39 is 29.7 Å². The average molecular weight is 755 g/mol. The van der Waals surface area contributed by atoms with Crippen molar-refractivity contribution in [2.24, 2.45) is 5.92 Å². The van der Waals surface area contributed by atoms with E-state index in [0.29, 0.717) is 62.5 Å². The second-order valence-corrected chi connectivity index (χ2v) is 16.0. The van der Waals surface area contributed by atoms with E-state index in [-0.39, 0.29) is 47.6 Å². The number of nitrogens with one attached hydrogen (secondary N) is 6. The molecule has 5 aliphatic heterocycles. The summed E-state index contributed by atoms with van der Waals surface area (Å²) in [6.07, 6.45) is 7.01. The number of halogens is 1. The van der Waals surface area contributed by atoms with Crippen LogP contribution >= 0.6 is 11.6 Å². The summed E-state index contributed by atoms with van der Waals surface area (Å²) >= 11 is 6.71. The van der Waals surface area contributed by atoms with Crippen LogP contribution < -0.4 is 32.0 Å². The van der Waals surface area contributed by atoms with Gasteiger partial charge in [-0.15, -0.1) is 11.6 Å². The Labute approximate surface area is 316 Å². The highest BCUT2D eigenvalue weighted by atomic mass is 35.5. The summed E-state index contributed by atoms with van der Waals surface area (Å²) in [6, 6.07) is 5.21. The molecule has 0 aromatic heterocycles. The minimum Gasteiger partial charge on any atom is -0.383 e. The molecular formula is C37H55ClN10O5. The van der Waals surface area contributed by atoms with Crippen LogP contribution in [-0.2, 0) is 14.4 Å². The quantitative estimate of drug-likeness (QED) is 0.123. The van der Waals surface area contributed by atoms with Gasteiger partial charge in [0.05, 0.1) is 35.4 Å². The standard InChI is InChI=1S/C37H55ClN10O5/c1-3-22(4-2)28-19-30(48-34(43-28)26(38)20-41-48)42-24-9-8-23(18-24)40-21-32(50)46-16-14-45(15-17-46)13-12-39-27-7-5-6-25-33(27)37(53)47(36(25)52)29-10-11-31(49)44-35(29)51/h5-7,22-24,26,28-30,34,39-43H,3-4,8-21H2,1-2H3,(H,44,49,51)/t23-,24-,26?,28?,29?,30?,34?/m0/s1. The number of imide groups is 2. The lowest BCUT2D eigenvalue weighted by Crippen LogP contribution is -2.67. The van der Waals surface area contributed by atoms with Gasteiger partial charge in [0.25, 0.3) is 11.8 Å². The maximum atomic E-state index is 13.4. The second kappa shape index (κ2) is 16.7. The summed E-state index contributed by atoms with van der Waals surface area (Å²) in [5, 5.41) is 19.2. The van der Waals surface area contributed by atoms with Gasteiger partial charge in [0, 0.05) is 76.0 Å². The van der Waals surface area contributed by atoms with E-state index in [4.69, 9.17) is 11.6 Å². The third-order valence-electron chi connectivity index (χ3n) is 12.3. The fourth-order valence-electron chi connectivity index (χ4n) is 9.21. The zero-order valence-electron chi connectivity index (χ0n) is 30.9. The number of alkyl halides is 1. The van der Waals surface area contributed by atoms with Gasteiger partial charge in [0.1, 0.15) is 6.04 Å². The van der Waals surface area contributed by atoms with Crippen LogP contribution in [0.15, 0.2) is 18.2 Å². The van der Waals surface area contributed by atoms with Crippen LogP contribution in [0.5, 0.6) is 0 Å². The van der Waals surface area contributed by atoms with Gasteiger partial charge in [-0.05, 0) is 50.2 Å². The molecule has 1 aliphatic carbocycles. The predicted octanol–water partition coefficient (Wildman–Crippen LogP) is 0.622. The van der Waals surface area contributed by atoms with Crippen LogP contribution in [0.3, 0.4) is 0 Å². The van der Waals surface area contributed by atoms with Crippen molar-refractivity contribution < 1.29 is 24.0 Å². The molecule has 0 radical (unpaired) electrons. The zero-order chi connectivity index (χ0) is 37.2. The number of hydrogen-bond donors (Lipinski definition) is 6. The number of hydrazine groups is 1. The van der Waals surface area contributed by atoms with Gasteiger partial charge in [-0.2, -0.15) is 0 Å². The highest BCUT2D eigenvalue weighted by molar-refractivity contribution is 6.25. The minimum absolute atomic E-state index is 0.0378. The molecule has 7 rings (SSSR count). The molecule has 1 saturated carbocycles. The van der Waals surface area contributed by atoms with Crippen LogP contribution in [0, 0.1) is 5.92 Å². The first-order chi connectivity index (χ1) is 25.6. The Morgan fingerprint density at radius 2 is 1.75 bits per heavy atom. The Balaban J connectivity index is 0.823. The van der Waals surface area contributed by atoms with Crippen LogP contribution in [0.2, 0.25) is 0 Å². The summed E-state index contributed by atoms with van der Waals surface area (Å²) in [4.78, 5) is 69.0. The van der Waals surface area contributed by atoms with Crippen LogP contribution in [0.4, 0.5) is 5.69 Å². The van der Waals surface area contributed by atoms with Crippen LogP contribution in [-0.4, -0.2) is 143 Å². The van der Waals surface area contributed by atoms with E-state index in [2.05, 4.69) is 55.8 Å².